The lowest BCUT2D eigenvalue weighted by molar-refractivity contribution is 0.177. The van der Waals surface area contributed by atoms with E-state index >= 15 is 0 Å². The van der Waals surface area contributed by atoms with E-state index in [2.05, 4.69) is 23.4 Å². The topological polar surface area (TPSA) is 27.1 Å². The molecule has 3 nitrogen and oxygen atoms in total. The first-order chi connectivity index (χ1) is 14.6. The molecule has 3 rings (SSSR count). The van der Waals surface area contributed by atoms with Gasteiger partial charge in [0.15, 0.2) is 0 Å². The van der Waals surface area contributed by atoms with Crippen molar-refractivity contribution in [2.24, 2.45) is 0 Å². The molecule has 1 atom stereocenters. The lowest BCUT2D eigenvalue weighted by Crippen LogP contribution is -2.16. The zero-order valence-electron chi connectivity index (χ0n) is 17.0. The lowest BCUT2D eigenvalue weighted by Gasteiger charge is -2.21. The molecule has 3 aromatic rings. The van der Waals surface area contributed by atoms with Crippen LogP contribution < -0.4 is 0 Å². The first-order valence-corrected chi connectivity index (χ1v) is 12.3. The number of aryl methyl sites for hydroxylation is 1. The van der Waals surface area contributed by atoms with E-state index in [1.54, 1.807) is 29.9 Å². The third kappa shape index (κ3) is 6.55. The fraction of sp³-hybridized carbons (Fsp3) is 0.391. The van der Waals surface area contributed by atoms with Gasteiger partial charge in [0.1, 0.15) is 6.10 Å². The van der Waals surface area contributed by atoms with E-state index in [1.165, 1.54) is 37.7 Å². The quantitative estimate of drug-likeness (QED) is 0.206. The van der Waals surface area contributed by atoms with E-state index in [0.29, 0.717) is 21.6 Å². The first-order valence-electron chi connectivity index (χ1n) is 10.3. The molecule has 0 bridgehead atoms. The fourth-order valence-corrected chi connectivity index (χ4v) is 5.12. The maximum atomic E-state index is 6.48. The van der Waals surface area contributed by atoms with Gasteiger partial charge in [0.2, 0.25) is 5.05 Å². The number of thiocarbonyl (C=S) groups is 1. The van der Waals surface area contributed by atoms with E-state index in [4.69, 9.17) is 40.2 Å². The van der Waals surface area contributed by atoms with Gasteiger partial charge >= 0.3 is 0 Å². The van der Waals surface area contributed by atoms with Gasteiger partial charge in [-0.05, 0) is 54.2 Å². The van der Waals surface area contributed by atoms with Crippen molar-refractivity contribution in [1.82, 2.24) is 9.55 Å². The largest absolute Gasteiger partial charge is 0.472 e. The van der Waals surface area contributed by atoms with Crippen LogP contribution in [0.5, 0.6) is 0 Å². The van der Waals surface area contributed by atoms with Gasteiger partial charge in [0, 0.05) is 28.0 Å². The predicted molar refractivity (Wildman–Crippen MR) is 131 cm³/mol. The Morgan fingerprint density at radius 1 is 1.20 bits per heavy atom. The van der Waals surface area contributed by atoms with Crippen LogP contribution in [0.1, 0.15) is 61.1 Å². The molecule has 1 aromatic carbocycles. The first kappa shape index (κ1) is 23.3. The zero-order chi connectivity index (χ0) is 21.3. The second kappa shape index (κ2) is 11.8. The summed E-state index contributed by atoms with van der Waals surface area (Å²) < 4.78 is 8.29. The molecule has 2 heterocycles. The summed E-state index contributed by atoms with van der Waals surface area (Å²) in [5.74, 6) is 0. The van der Waals surface area contributed by atoms with Crippen molar-refractivity contribution in [3.8, 4) is 0 Å². The summed E-state index contributed by atoms with van der Waals surface area (Å²) >= 11 is 19.9. The second-order valence-corrected chi connectivity index (χ2v) is 9.39. The molecular weight excluding hydrogens is 455 g/mol. The minimum Gasteiger partial charge on any atom is -0.472 e. The molecule has 0 saturated heterocycles. The van der Waals surface area contributed by atoms with Crippen LogP contribution >= 0.6 is 46.8 Å². The molecule has 0 aliphatic heterocycles. The Kier molecular flexibility index (Phi) is 9.19. The van der Waals surface area contributed by atoms with Crippen molar-refractivity contribution in [3.05, 3.63) is 74.4 Å². The number of imidazole rings is 1. The average molecular weight is 482 g/mol. The fourth-order valence-electron chi connectivity index (χ4n) is 3.36. The van der Waals surface area contributed by atoms with Crippen LogP contribution in [0.3, 0.4) is 0 Å². The van der Waals surface area contributed by atoms with Gasteiger partial charge in [-0.3, -0.25) is 0 Å². The molecule has 0 fully saturated rings. The minimum atomic E-state index is -0.337. The predicted octanol–water partition coefficient (Wildman–Crippen LogP) is 7.90. The molecule has 0 aliphatic carbocycles. The number of benzene rings is 1. The number of thiophene rings is 1. The Morgan fingerprint density at radius 2 is 2.03 bits per heavy atom. The maximum Gasteiger partial charge on any atom is 0.202 e. The Balaban J connectivity index is 1.73. The smallest absolute Gasteiger partial charge is 0.202 e. The maximum absolute atomic E-state index is 6.48. The summed E-state index contributed by atoms with van der Waals surface area (Å²) in [7, 11) is 0. The van der Waals surface area contributed by atoms with Gasteiger partial charge in [0.05, 0.1) is 17.7 Å². The van der Waals surface area contributed by atoms with Gasteiger partial charge in [-0.15, -0.1) is 11.3 Å². The van der Waals surface area contributed by atoms with E-state index in [9.17, 15) is 0 Å². The molecular formula is C23H26Cl2N2OS2. The number of halogens is 2. The lowest BCUT2D eigenvalue weighted by atomic mass is 10.1. The van der Waals surface area contributed by atoms with E-state index in [0.717, 1.165) is 16.9 Å². The van der Waals surface area contributed by atoms with E-state index < -0.39 is 0 Å². The molecule has 160 valence electrons. The van der Waals surface area contributed by atoms with Crippen LogP contribution in [0.2, 0.25) is 10.0 Å². The van der Waals surface area contributed by atoms with E-state index in [-0.39, 0.29) is 6.10 Å². The summed E-state index contributed by atoms with van der Waals surface area (Å²) in [6.45, 7) is 2.79. The molecule has 7 heteroatoms. The molecule has 0 spiro atoms. The van der Waals surface area contributed by atoms with Crippen LogP contribution in [0, 0.1) is 0 Å². The van der Waals surface area contributed by atoms with Crippen molar-refractivity contribution in [2.45, 2.75) is 58.1 Å². The van der Waals surface area contributed by atoms with E-state index in [1.807, 2.05) is 22.9 Å². The van der Waals surface area contributed by atoms with Gasteiger partial charge in [-0.1, -0.05) is 61.9 Å². The van der Waals surface area contributed by atoms with Crippen LogP contribution in [0.15, 0.2) is 48.4 Å². The Hall–Kier alpha value is -1.40. The molecule has 0 saturated carbocycles. The average Bonchev–Trinajstić information content (AvgIpc) is 3.39. The highest BCUT2D eigenvalue weighted by molar-refractivity contribution is 7.80. The van der Waals surface area contributed by atoms with Gasteiger partial charge in [0.25, 0.3) is 0 Å². The van der Waals surface area contributed by atoms with Crippen LogP contribution in [0.25, 0.3) is 0 Å². The minimum absolute atomic E-state index is 0.337. The van der Waals surface area contributed by atoms with Crippen LogP contribution in [-0.2, 0) is 17.7 Å². The van der Waals surface area contributed by atoms with Gasteiger partial charge in [-0.25, -0.2) is 4.98 Å². The molecule has 1 unspecified atom stereocenters. The third-order valence-electron chi connectivity index (χ3n) is 4.98. The number of nitrogens with zero attached hydrogens (tertiary/aromatic N) is 2. The summed E-state index contributed by atoms with van der Waals surface area (Å²) in [5.41, 5.74) is 2.12. The highest BCUT2D eigenvalue weighted by Gasteiger charge is 2.21. The van der Waals surface area contributed by atoms with Crippen LogP contribution in [-0.4, -0.2) is 14.6 Å². The zero-order valence-corrected chi connectivity index (χ0v) is 20.2. The normalized spacial score (nSPS) is 12.1. The number of hydrogen-bond acceptors (Lipinski definition) is 4. The van der Waals surface area contributed by atoms with Gasteiger partial charge < -0.3 is 9.30 Å². The number of ether oxygens (including phenoxy) is 1. The van der Waals surface area contributed by atoms with Gasteiger partial charge in [-0.2, -0.15) is 0 Å². The van der Waals surface area contributed by atoms with Crippen molar-refractivity contribution in [3.63, 3.8) is 0 Å². The molecule has 0 amide bonds. The number of unbranched alkanes of at least 4 members (excludes halogenated alkanes) is 4. The molecule has 2 aromatic heterocycles. The Morgan fingerprint density at radius 3 is 2.77 bits per heavy atom. The molecule has 0 radical (unpaired) electrons. The Bertz CT molecular complexity index is 941. The number of rotatable bonds is 11. The second-order valence-electron chi connectivity index (χ2n) is 7.26. The van der Waals surface area contributed by atoms with Crippen molar-refractivity contribution >= 4 is 51.8 Å². The summed E-state index contributed by atoms with van der Waals surface area (Å²) in [5, 5.41) is 3.77. The number of aromatic nitrogens is 2. The SMILES string of the molecule is CCCCCCCc1ccsc1C(=S)OC(Cn1ccnc1)c1ccc(Cl)cc1Cl. The molecule has 0 aliphatic rings. The summed E-state index contributed by atoms with van der Waals surface area (Å²) in [6, 6.07) is 7.62. The molecule has 0 N–H and O–H groups in total. The summed E-state index contributed by atoms with van der Waals surface area (Å²) in [6.07, 6.45) is 12.4. The van der Waals surface area contributed by atoms with Crippen LogP contribution in [0.4, 0.5) is 0 Å². The number of hydrogen-bond donors (Lipinski definition) is 0. The standard InChI is InChI=1S/C23H26Cl2N2OS2/c1-2-3-4-5-6-7-17-10-13-30-22(17)23(29)28-21(15-27-12-11-26-16-27)19-9-8-18(24)14-20(19)25/h8-14,16,21H,2-7,15H2,1H3. The highest BCUT2D eigenvalue weighted by atomic mass is 35.5. The van der Waals surface area contributed by atoms with Crippen molar-refractivity contribution in [2.75, 3.05) is 0 Å². The Labute approximate surface area is 198 Å². The molecule has 30 heavy (non-hydrogen) atoms. The monoisotopic (exact) mass is 480 g/mol. The van der Waals surface area contributed by atoms with Crippen molar-refractivity contribution in [1.29, 1.82) is 0 Å². The summed E-state index contributed by atoms with van der Waals surface area (Å²) in [4.78, 5) is 5.17. The third-order valence-corrected chi connectivity index (χ3v) is 6.92. The highest BCUT2D eigenvalue weighted by Crippen LogP contribution is 2.32. The van der Waals surface area contributed by atoms with Crippen molar-refractivity contribution < 1.29 is 4.74 Å².